The van der Waals surface area contributed by atoms with Gasteiger partial charge in [-0.05, 0) is 55.5 Å². The molecule has 1 fully saturated rings. The van der Waals surface area contributed by atoms with Gasteiger partial charge in [0.1, 0.15) is 5.82 Å². The van der Waals surface area contributed by atoms with Crippen LogP contribution in [0.5, 0.6) is 0 Å². The maximum absolute atomic E-state index is 14.3. The van der Waals surface area contributed by atoms with Crippen LogP contribution in [0.2, 0.25) is 0 Å². The van der Waals surface area contributed by atoms with Crippen LogP contribution < -0.4 is 4.80 Å². The molecule has 1 aliphatic heterocycles. The van der Waals surface area contributed by atoms with Gasteiger partial charge in [0.05, 0.1) is 15.1 Å². The van der Waals surface area contributed by atoms with Crippen molar-refractivity contribution in [2.75, 3.05) is 13.1 Å². The summed E-state index contributed by atoms with van der Waals surface area (Å²) in [6.45, 7) is 7.15. The lowest BCUT2D eigenvalue weighted by atomic mass is 9.94. The Labute approximate surface area is 195 Å². The zero-order chi connectivity index (χ0) is 23.9. The number of fused-ring (bicyclic) bond motifs is 1. The molecule has 0 saturated carbocycles. The van der Waals surface area contributed by atoms with Crippen LogP contribution >= 0.6 is 11.3 Å². The molecule has 33 heavy (non-hydrogen) atoms. The van der Waals surface area contributed by atoms with E-state index >= 15 is 0 Å². The summed E-state index contributed by atoms with van der Waals surface area (Å²) in [5.41, 5.74) is 0.406. The molecule has 2 atom stereocenters. The van der Waals surface area contributed by atoms with Crippen LogP contribution in [0.15, 0.2) is 46.3 Å². The minimum Gasteiger partial charge on any atom is -0.314 e. The summed E-state index contributed by atoms with van der Waals surface area (Å²) in [6, 6.07) is 7.70. The highest BCUT2D eigenvalue weighted by Gasteiger charge is 2.31. The Balaban J connectivity index is 1.64. The summed E-state index contributed by atoms with van der Waals surface area (Å²) < 4.78 is 57.3. The number of aromatic nitrogens is 1. The number of thiazole rings is 1. The zero-order valence-corrected chi connectivity index (χ0v) is 20.2. The van der Waals surface area contributed by atoms with Crippen LogP contribution in [0, 0.1) is 23.5 Å². The van der Waals surface area contributed by atoms with Crippen LogP contribution in [0.4, 0.5) is 8.78 Å². The largest absolute Gasteiger partial charge is 0.314 e. The smallest absolute Gasteiger partial charge is 0.279 e. The van der Waals surface area contributed by atoms with E-state index in [1.807, 2.05) is 13.8 Å². The van der Waals surface area contributed by atoms with Crippen molar-refractivity contribution >= 4 is 37.5 Å². The van der Waals surface area contributed by atoms with E-state index in [0.717, 1.165) is 23.8 Å². The molecule has 3 aromatic rings. The number of hydrogen-bond donors (Lipinski definition) is 0. The maximum atomic E-state index is 14.3. The molecule has 0 bridgehead atoms. The molecular weight excluding hydrogens is 468 g/mol. The summed E-state index contributed by atoms with van der Waals surface area (Å²) in [6.07, 6.45) is 0.993. The lowest BCUT2D eigenvalue weighted by Crippen LogP contribution is -2.42. The van der Waals surface area contributed by atoms with Gasteiger partial charge in [-0.15, -0.1) is 0 Å². The van der Waals surface area contributed by atoms with Gasteiger partial charge in [0.2, 0.25) is 10.0 Å². The van der Waals surface area contributed by atoms with Crippen LogP contribution in [-0.2, 0) is 16.6 Å². The fourth-order valence-electron chi connectivity index (χ4n) is 4.38. The van der Waals surface area contributed by atoms with E-state index in [1.165, 1.54) is 39.2 Å². The molecule has 2 heterocycles. The van der Waals surface area contributed by atoms with Gasteiger partial charge in [0, 0.05) is 31.3 Å². The SMILES string of the molecule is CCn1c(=NC(=O)c2ccc(S(=O)(=O)N3CC(C)CC(C)C3)cc2)sc2cc(F)cc(F)c21. The van der Waals surface area contributed by atoms with Crippen molar-refractivity contribution < 1.29 is 22.0 Å². The summed E-state index contributed by atoms with van der Waals surface area (Å²) in [5.74, 6) is -1.43. The van der Waals surface area contributed by atoms with E-state index in [1.54, 1.807) is 6.92 Å². The predicted molar refractivity (Wildman–Crippen MR) is 123 cm³/mol. The second-order valence-corrected chi connectivity index (χ2v) is 11.5. The molecule has 2 unspecified atom stereocenters. The fourth-order valence-corrected chi connectivity index (χ4v) is 7.19. The van der Waals surface area contributed by atoms with E-state index in [2.05, 4.69) is 4.99 Å². The minimum absolute atomic E-state index is 0.128. The molecule has 0 spiro atoms. The highest BCUT2D eigenvalue weighted by atomic mass is 32.2. The molecule has 6 nitrogen and oxygen atoms in total. The van der Waals surface area contributed by atoms with Crippen molar-refractivity contribution in [1.82, 2.24) is 8.87 Å². The lowest BCUT2D eigenvalue weighted by Gasteiger charge is -2.34. The second-order valence-electron chi connectivity index (χ2n) is 8.57. The summed E-state index contributed by atoms with van der Waals surface area (Å²) in [7, 11) is -3.65. The Morgan fingerprint density at radius 3 is 2.36 bits per heavy atom. The second kappa shape index (κ2) is 9.08. The highest BCUT2D eigenvalue weighted by Crippen LogP contribution is 2.27. The number of sulfonamides is 1. The lowest BCUT2D eigenvalue weighted by molar-refractivity contribution is 0.0997. The number of carbonyl (C=O) groups excluding carboxylic acids is 1. The Hall–Kier alpha value is -2.43. The van der Waals surface area contributed by atoms with Gasteiger partial charge in [-0.25, -0.2) is 17.2 Å². The van der Waals surface area contributed by atoms with Crippen LogP contribution in [-0.4, -0.2) is 36.3 Å². The van der Waals surface area contributed by atoms with Crippen molar-refractivity contribution in [3.05, 3.63) is 58.4 Å². The van der Waals surface area contributed by atoms with E-state index in [4.69, 9.17) is 0 Å². The van der Waals surface area contributed by atoms with Crippen molar-refractivity contribution in [2.45, 2.75) is 38.6 Å². The quantitative estimate of drug-likeness (QED) is 0.541. The molecule has 2 aromatic carbocycles. The van der Waals surface area contributed by atoms with Gasteiger partial charge >= 0.3 is 0 Å². The molecule has 176 valence electrons. The summed E-state index contributed by atoms with van der Waals surface area (Å²) in [5, 5.41) is 0. The van der Waals surface area contributed by atoms with Gasteiger partial charge in [-0.3, -0.25) is 4.79 Å². The van der Waals surface area contributed by atoms with Crippen LogP contribution in [0.1, 0.15) is 37.6 Å². The first kappa shape index (κ1) is 23.7. The van der Waals surface area contributed by atoms with Gasteiger partial charge in [0.25, 0.3) is 5.91 Å². The Morgan fingerprint density at radius 2 is 1.76 bits per heavy atom. The topological polar surface area (TPSA) is 71.7 Å². The normalized spacial score (nSPS) is 20.5. The first-order chi connectivity index (χ1) is 15.6. The third-order valence-corrected chi connectivity index (χ3v) is 8.65. The van der Waals surface area contributed by atoms with Crippen molar-refractivity contribution in [2.24, 2.45) is 16.8 Å². The number of halogens is 2. The molecule has 4 rings (SSSR count). The highest BCUT2D eigenvalue weighted by molar-refractivity contribution is 7.89. The van der Waals surface area contributed by atoms with Crippen molar-refractivity contribution in [3.8, 4) is 0 Å². The number of amides is 1. The third-order valence-electron chi connectivity index (χ3n) is 5.78. The summed E-state index contributed by atoms with van der Waals surface area (Å²) in [4.78, 5) is 17.2. The number of hydrogen-bond acceptors (Lipinski definition) is 4. The Bertz CT molecular complexity index is 1370. The molecule has 0 N–H and O–H groups in total. The average Bonchev–Trinajstić information content (AvgIpc) is 3.10. The van der Waals surface area contributed by atoms with Gasteiger partial charge < -0.3 is 4.57 Å². The van der Waals surface area contributed by atoms with Gasteiger partial charge in [-0.2, -0.15) is 9.30 Å². The molecule has 1 amide bonds. The molecular formula is C23H25F2N3O3S2. The molecule has 0 radical (unpaired) electrons. The summed E-state index contributed by atoms with van der Waals surface area (Å²) >= 11 is 1.02. The molecule has 0 aliphatic carbocycles. The van der Waals surface area contributed by atoms with E-state index in [0.29, 0.717) is 24.3 Å². The molecule has 1 saturated heterocycles. The van der Waals surface area contributed by atoms with Gasteiger partial charge in [-0.1, -0.05) is 25.2 Å². The average molecular weight is 494 g/mol. The minimum atomic E-state index is -3.65. The number of nitrogens with zero attached hydrogens (tertiary/aromatic N) is 3. The number of carbonyl (C=O) groups is 1. The van der Waals surface area contributed by atoms with Gasteiger partial charge in [0.15, 0.2) is 10.6 Å². The standard InChI is InChI=1S/C23H25F2N3O3S2/c1-4-28-21-19(25)10-17(24)11-20(21)32-23(28)26-22(29)16-5-7-18(8-6-16)33(30,31)27-12-14(2)9-15(3)13-27/h5-8,10-11,14-15H,4,9,12-13H2,1-3H3. The predicted octanol–water partition coefficient (Wildman–Crippen LogP) is 4.41. The number of rotatable bonds is 4. The number of benzene rings is 2. The molecule has 10 heteroatoms. The van der Waals surface area contributed by atoms with Crippen LogP contribution in [0.25, 0.3) is 10.2 Å². The fraction of sp³-hybridized carbons (Fsp3) is 0.391. The first-order valence-corrected chi connectivity index (χ1v) is 13.0. The number of aryl methyl sites for hydroxylation is 1. The van der Waals surface area contributed by atoms with Crippen molar-refractivity contribution in [1.29, 1.82) is 0 Å². The van der Waals surface area contributed by atoms with Crippen molar-refractivity contribution in [3.63, 3.8) is 0 Å². The Morgan fingerprint density at radius 1 is 1.12 bits per heavy atom. The zero-order valence-electron chi connectivity index (χ0n) is 18.6. The molecule has 1 aliphatic rings. The Kier molecular flexibility index (Phi) is 6.52. The van der Waals surface area contributed by atoms with E-state index < -0.39 is 27.6 Å². The monoisotopic (exact) mass is 493 g/mol. The molecule has 1 aromatic heterocycles. The first-order valence-electron chi connectivity index (χ1n) is 10.8. The van der Waals surface area contributed by atoms with E-state index in [9.17, 15) is 22.0 Å². The number of piperidine rings is 1. The van der Waals surface area contributed by atoms with E-state index in [-0.39, 0.29) is 32.6 Å². The van der Waals surface area contributed by atoms with Crippen LogP contribution in [0.3, 0.4) is 0 Å². The maximum Gasteiger partial charge on any atom is 0.279 e. The third kappa shape index (κ3) is 4.64.